The van der Waals surface area contributed by atoms with Gasteiger partial charge in [0.05, 0.1) is 11.8 Å². The van der Waals surface area contributed by atoms with Crippen LogP contribution in [0.5, 0.6) is 0 Å². The van der Waals surface area contributed by atoms with Gasteiger partial charge in [-0.05, 0) is 37.5 Å². The van der Waals surface area contributed by atoms with Crippen LogP contribution in [0.1, 0.15) is 34.3 Å². The molecule has 2 fully saturated rings. The summed E-state index contributed by atoms with van der Waals surface area (Å²) in [4.78, 5) is 29.0. The van der Waals surface area contributed by atoms with Gasteiger partial charge in [0.25, 0.3) is 5.91 Å². The molecular weight excluding hydrogens is 449 g/mol. The molecule has 5 rings (SSSR count). The van der Waals surface area contributed by atoms with Crippen LogP contribution in [-0.2, 0) is 13.2 Å². The van der Waals surface area contributed by atoms with Gasteiger partial charge in [0, 0.05) is 56.7 Å². The number of anilines is 1. The molecule has 1 spiro atoms. The van der Waals surface area contributed by atoms with Gasteiger partial charge in [-0.15, -0.1) is 0 Å². The smallest absolute Gasteiger partial charge is 0.337 e. The van der Waals surface area contributed by atoms with E-state index in [1.54, 1.807) is 40.7 Å². The SMILES string of the molecule is Cc1ccc(C(F)(F)F)cc1NC(=O)N(C)C1CC2(C1)CN(C(=O)c1cnn3ccn(C)c13)C2. The zero-order valence-corrected chi connectivity index (χ0v) is 19.1. The predicted molar refractivity (Wildman–Crippen MR) is 118 cm³/mol. The molecule has 34 heavy (non-hydrogen) atoms. The van der Waals surface area contributed by atoms with Gasteiger partial charge in [0.2, 0.25) is 0 Å². The summed E-state index contributed by atoms with van der Waals surface area (Å²) in [5.41, 5.74) is 1.20. The molecule has 0 bridgehead atoms. The summed E-state index contributed by atoms with van der Waals surface area (Å²) in [5, 5.41) is 6.83. The Labute approximate surface area is 193 Å². The highest BCUT2D eigenvalue weighted by molar-refractivity contribution is 6.00. The summed E-state index contributed by atoms with van der Waals surface area (Å²) < 4.78 is 42.6. The third-order valence-electron chi connectivity index (χ3n) is 7.12. The Bertz CT molecular complexity index is 1280. The highest BCUT2D eigenvalue weighted by Gasteiger charge is 2.55. The maximum atomic E-state index is 13.0. The molecular formula is C23H25F3N6O2. The summed E-state index contributed by atoms with van der Waals surface area (Å²) in [6, 6.07) is 2.83. The number of aryl methyl sites for hydroxylation is 2. The molecule has 1 saturated carbocycles. The van der Waals surface area contributed by atoms with E-state index >= 15 is 0 Å². The molecule has 8 nitrogen and oxygen atoms in total. The molecule has 1 aliphatic carbocycles. The quantitative estimate of drug-likeness (QED) is 0.628. The first kappa shape index (κ1) is 22.3. The highest BCUT2D eigenvalue weighted by atomic mass is 19.4. The zero-order valence-electron chi connectivity index (χ0n) is 19.1. The lowest BCUT2D eigenvalue weighted by Crippen LogP contribution is -2.67. The number of carbonyl (C=O) groups excluding carboxylic acids is 2. The van der Waals surface area contributed by atoms with E-state index in [2.05, 4.69) is 10.4 Å². The predicted octanol–water partition coefficient (Wildman–Crippen LogP) is 3.77. The third kappa shape index (κ3) is 3.59. The molecule has 1 N–H and O–H groups in total. The molecule has 3 aromatic rings. The first-order valence-corrected chi connectivity index (χ1v) is 11.0. The summed E-state index contributed by atoms with van der Waals surface area (Å²) in [6.07, 6.45) is 2.23. The van der Waals surface area contributed by atoms with Crippen LogP contribution < -0.4 is 5.32 Å². The number of nitrogens with one attached hydrogen (secondary N) is 1. The molecule has 0 unspecified atom stereocenters. The Morgan fingerprint density at radius 1 is 1.21 bits per heavy atom. The average molecular weight is 474 g/mol. The standard InChI is InChI=1S/C23H25F3N6O2/c1-14-4-5-15(23(24,25)26)8-18(14)28-21(34)30(3)16-9-22(10-16)12-31(13-22)20(33)17-11-27-32-7-6-29(2)19(17)32/h4-8,11,16H,9-10,12-13H2,1-3H3,(H,28,34). The largest absolute Gasteiger partial charge is 0.416 e. The Morgan fingerprint density at radius 2 is 1.91 bits per heavy atom. The Kier molecular flexibility index (Phi) is 4.92. The normalized spacial score (nSPS) is 17.5. The van der Waals surface area contributed by atoms with Gasteiger partial charge in [-0.25, -0.2) is 9.31 Å². The zero-order chi connectivity index (χ0) is 24.4. The fourth-order valence-corrected chi connectivity index (χ4v) is 5.05. The van der Waals surface area contributed by atoms with Crippen molar-refractivity contribution in [2.24, 2.45) is 12.5 Å². The van der Waals surface area contributed by atoms with E-state index < -0.39 is 17.8 Å². The molecule has 2 aliphatic rings. The number of amides is 3. The van der Waals surface area contributed by atoms with Gasteiger partial charge in [0.1, 0.15) is 11.2 Å². The van der Waals surface area contributed by atoms with Crippen LogP contribution in [0.25, 0.3) is 5.65 Å². The van der Waals surface area contributed by atoms with E-state index in [0.717, 1.165) is 30.6 Å². The van der Waals surface area contributed by atoms with Crippen molar-refractivity contribution in [1.82, 2.24) is 24.0 Å². The van der Waals surface area contributed by atoms with E-state index in [1.165, 1.54) is 6.07 Å². The molecule has 3 amide bonds. The molecule has 2 aromatic heterocycles. The van der Waals surface area contributed by atoms with E-state index in [4.69, 9.17) is 0 Å². The van der Waals surface area contributed by atoms with Gasteiger partial charge in [-0.1, -0.05) is 6.07 Å². The summed E-state index contributed by atoms with van der Waals surface area (Å²) in [6.45, 7) is 2.89. The lowest BCUT2D eigenvalue weighted by molar-refractivity contribution is -0.137. The number of rotatable bonds is 3. The fraction of sp³-hybridized carbons (Fsp3) is 0.435. The first-order valence-electron chi connectivity index (χ1n) is 11.0. The van der Waals surface area contributed by atoms with Gasteiger partial charge in [0.15, 0.2) is 0 Å². The van der Waals surface area contributed by atoms with Gasteiger partial charge >= 0.3 is 12.2 Å². The van der Waals surface area contributed by atoms with Crippen LogP contribution in [-0.4, -0.2) is 62.1 Å². The van der Waals surface area contributed by atoms with Gasteiger partial charge in [-0.3, -0.25) is 4.79 Å². The number of hydrogen-bond donors (Lipinski definition) is 1. The monoisotopic (exact) mass is 474 g/mol. The topological polar surface area (TPSA) is 74.9 Å². The number of carbonyl (C=O) groups is 2. The van der Waals surface area contributed by atoms with Crippen LogP contribution in [0.3, 0.4) is 0 Å². The van der Waals surface area contributed by atoms with Crippen molar-refractivity contribution >= 4 is 23.3 Å². The second kappa shape index (κ2) is 7.51. The third-order valence-corrected chi connectivity index (χ3v) is 7.12. The number of nitrogens with zero attached hydrogens (tertiary/aromatic N) is 5. The van der Waals surface area contributed by atoms with Crippen molar-refractivity contribution in [2.45, 2.75) is 32.0 Å². The minimum Gasteiger partial charge on any atom is -0.337 e. The number of benzene rings is 1. The highest BCUT2D eigenvalue weighted by Crippen LogP contribution is 2.50. The van der Waals surface area contributed by atoms with Crippen molar-refractivity contribution < 1.29 is 22.8 Å². The van der Waals surface area contributed by atoms with E-state index in [-0.39, 0.29) is 23.1 Å². The number of halogens is 3. The molecule has 0 radical (unpaired) electrons. The number of urea groups is 1. The van der Waals surface area contributed by atoms with E-state index in [0.29, 0.717) is 24.2 Å². The minimum absolute atomic E-state index is 0.0124. The number of hydrogen-bond acceptors (Lipinski definition) is 3. The molecule has 3 heterocycles. The lowest BCUT2D eigenvalue weighted by Gasteiger charge is -2.60. The van der Waals surface area contributed by atoms with Gasteiger partial charge < -0.3 is 19.7 Å². The summed E-state index contributed by atoms with van der Waals surface area (Å²) >= 11 is 0. The second-order valence-electron chi connectivity index (χ2n) is 9.53. The van der Waals surface area contributed by atoms with Crippen molar-refractivity contribution in [3.05, 3.63) is 53.5 Å². The Morgan fingerprint density at radius 3 is 2.59 bits per heavy atom. The van der Waals surface area contributed by atoms with Crippen LogP contribution in [0.15, 0.2) is 36.8 Å². The maximum absolute atomic E-state index is 13.0. The van der Waals surface area contributed by atoms with E-state index in [9.17, 15) is 22.8 Å². The number of likely N-dealkylation sites (tertiary alicyclic amines) is 1. The maximum Gasteiger partial charge on any atom is 0.416 e. The lowest BCUT2D eigenvalue weighted by atomic mass is 9.60. The number of aromatic nitrogens is 3. The molecule has 11 heteroatoms. The van der Waals surface area contributed by atoms with Crippen molar-refractivity contribution in [1.29, 1.82) is 0 Å². The molecule has 1 aromatic carbocycles. The van der Waals surface area contributed by atoms with Crippen molar-refractivity contribution in [3.8, 4) is 0 Å². The molecule has 180 valence electrons. The van der Waals surface area contributed by atoms with Crippen molar-refractivity contribution in [2.75, 3.05) is 25.5 Å². The van der Waals surface area contributed by atoms with Gasteiger partial charge in [-0.2, -0.15) is 18.3 Å². The summed E-state index contributed by atoms with van der Waals surface area (Å²) in [7, 11) is 3.51. The van der Waals surface area contributed by atoms with Crippen molar-refractivity contribution in [3.63, 3.8) is 0 Å². The Balaban J connectivity index is 1.17. The Hall–Kier alpha value is -3.50. The minimum atomic E-state index is -4.48. The fourth-order valence-electron chi connectivity index (χ4n) is 5.05. The van der Waals surface area contributed by atoms with Crippen LogP contribution in [0, 0.1) is 12.3 Å². The molecule has 1 aliphatic heterocycles. The van der Waals surface area contributed by atoms with Crippen LogP contribution in [0.4, 0.5) is 23.7 Å². The average Bonchev–Trinajstić information content (AvgIpc) is 3.29. The van der Waals surface area contributed by atoms with Crippen LogP contribution in [0.2, 0.25) is 0 Å². The van der Waals surface area contributed by atoms with Crippen LogP contribution >= 0.6 is 0 Å². The molecule has 1 saturated heterocycles. The van der Waals surface area contributed by atoms with E-state index in [1.807, 2.05) is 17.8 Å². The number of alkyl halides is 3. The number of fused-ring (bicyclic) bond motifs is 1. The second-order valence-corrected chi connectivity index (χ2v) is 9.53. The molecule has 0 atom stereocenters. The summed E-state index contributed by atoms with van der Waals surface area (Å²) in [5.74, 6) is -0.0583. The number of imidazole rings is 1. The first-order chi connectivity index (χ1) is 16.0.